The monoisotopic (exact) mass is 671 g/mol. The van der Waals surface area contributed by atoms with E-state index in [-0.39, 0.29) is 29.2 Å². The number of nitrogens with zero attached hydrogens (tertiary/aromatic N) is 7. The Morgan fingerprint density at radius 2 is 1.67 bits per heavy atom. The smallest absolute Gasteiger partial charge is 0.390 e. The Hall–Kier alpha value is -3.20. The normalized spacial score (nSPS) is 37.7. The number of rotatable bonds is 2. The van der Waals surface area contributed by atoms with Gasteiger partial charge in [0, 0.05) is 5.92 Å². The van der Waals surface area contributed by atoms with Crippen molar-refractivity contribution < 1.29 is 52.0 Å². The van der Waals surface area contributed by atoms with Crippen molar-refractivity contribution in [3.05, 3.63) is 35.0 Å². The van der Waals surface area contributed by atoms with Crippen LogP contribution in [0, 0.1) is 12.8 Å². The Bertz CT molecular complexity index is 1930. The molecule has 23 heteroatoms. The summed E-state index contributed by atoms with van der Waals surface area (Å²) in [6, 6.07) is -0.986. The van der Waals surface area contributed by atoms with Gasteiger partial charge in [0.1, 0.15) is 35.8 Å². The molecule has 6 heterocycles. The standard InChI is InChI=1S/C22H27N9O12P2/c1-8-24-3-10-18(27-8)31(6-25-10)21-15(33)17-12(41-21)5-40-45(37,38)42-16-11(2-9(14(16)32)4-39-44(35,36)43-17)30-7-26-13-19(30)28-22(23)29-20(13)34/h3,6-7,9,11-12,14-17,21,32-33H,2,4-5H2,1H3,(H,35,36)(H,37,38)(H3,23,28,29,34)/t9-,11-,12-,14?,15+,16-,17?,21-/m1/s1. The van der Waals surface area contributed by atoms with E-state index in [0.717, 1.165) is 0 Å². The van der Waals surface area contributed by atoms with Crippen LogP contribution in [0.25, 0.3) is 22.3 Å². The van der Waals surface area contributed by atoms with E-state index in [1.807, 2.05) is 0 Å². The molecule has 4 aromatic heterocycles. The van der Waals surface area contributed by atoms with Gasteiger partial charge >= 0.3 is 15.6 Å². The molecule has 21 nitrogen and oxygen atoms in total. The van der Waals surface area contributed by atoms with Crippen LogP contribution in [-0.4, -0.2) is 103 Å². The van der Waals surface area contributed by atoms with E-state index in [0.29, 0.717) is 11.3 Å². The summed E-state index contributed by atoms with van der Waals surface area (Å²) in [6.45, 7) is 0.291. The highest BCUT2D eigenvalue weighted by Gasteiger charge is 2.53. The van der Waals surface area contributed by atoms with Gasteiger partial charge in [-0.05, 0) is 13.3 Å². The topological polar surface area (TPSA) is 294 Å². The molecule has 3 fully saturated rings. The Kier molecular flexibility index (Phi) is 7.42. The first-order valence-corrected chi connectivity index (χ1v) is 16.5. The predicted molar refractivity (Wildman–Crippen MR) is 147 cm³/mol. The van der Waals surface area contributed by atoms with Gasteiger partial charge in [-0.2, -0.15) is 4.98 Å². The average molecular weight is 671 g/mol. The Morgan fingerprint density at radius 3 is 2.44 bits per heavy atom. The number of nitrogen functional groups attached to an aromatic ring is 1. The van der Waals surface area contributed by atoms with Crippen LogP contribution in [0.5, 0.6) is 0 Å². The number of anilines is 1. The van der Waals surface area contributed by atoms with Gasteiger partial charge in [-0.1, -0.05) is 0 Å². The number of aliphatic hydroxyl groups excluding tert-OH is 2. The fourth-order valence-electron chi connectivity index (χ4n) is 5.87. The second kappa shape index (κ2) is 11.0. The highest BCUT2D eigenvalue weighted by Crippen LogP contribution is 2.55. The molecule has 0 aromatic carbocycles. The largest absolute Gasteiger partial charge is 0.472 e. The summed E-state index contributed by atoms with van der Waals surface area (Å²) in [5.74, 6) is -0.787. The molecule has 0 amide bonds. The lowest BCUT2D eigenvalue weighted by molar-refractivity contribution is -0.0553. The molecule has 4 aromatic rings. The predicted octanol–water partition coefficient (Wildman–Crippen LogP) is -0.952. The van der Waals surface area contributed by atoms with E-state index < -0.39 is 83.1 Å². The molecule has 242 valence electrons. The number of nitrogens with one attached hydrogen (secondary N) is 1. The lowest BCUT2D eigenvalue weighted by Crippen LogP contribution is -2.36. The number of aromatic nitrogens is 8. The third kappa shape index (κ3) is 5.49. The van der Waals surface area contributed by atoms with Crippen LogP contribution < -0.4 is 11.3 Å². The second-order valence-corrected chi connectivity index (χ2v) is 13.6. The summed E-state index contributed by atoms with van der Waals surface area (Å²) in [6.07, 6.45) is -5.00. The van der Waals surface area contributed by atoms with Gasteiger partial charge in [0.2, 0.25) is 5.95 Å². The molecule has 2 bridgehead atoms. The maximum absolute atomic E-state index is 13.3. The van der Waals surface area contributed by atoms with Crippen molar-refractivity contribution in [1.29, 1.82) is 0 Å². The molecule has 3 aliphatic rings. The number of imidazole rings is 2. The lowest BCUT2D eigenvalue weighted by atomic mass is 10.1. The second-order valence-electron chi connectivity index (χ2n) is 10.8. The van der Waals surface area contributed by atoms with Crippen molar-refractivity contribution in [2.75, 3.05) is 18.9 Å². The zero-order chi connectivity index (χ0) is 31.8. The van der Waals surface area contributed by atoms with Crippen LogP contribution in [0.2, 0.25) is 0 Å². The SMILES string of the molecule is Cc1ncc2ncn([C@@H]3O[C@@H]4COP(=O)(O)O[C@H]5C(O)[C@@H](COP(=O)(O)OC4[C@@H]3O)C[C@H]5n3cnc4c(=O)[nH]c(N)nc43)c2n1. The third-order valence-corrected chi connectivity index (χ3v) is 9.90. The molecule has 10 atom stereocenters. The van der Waals surface area contributed by atoms with Crippen LogP contribution in [-0.2, 0) is 32.0 Å². The highest BCUT2D eigenvalue weighted by molar-refractivity contribution is 7.47. The molecule has 2 saturated heterocycles. The lowest BCUT2D eigenvalue weighted by Gasteiger charge is -2.26. The molecule has 2 aliphatic heterocycles. The molecule has 7 rings (SSSR count). The van der Waals surface area contributed by atoms with E-state index in [2.05, 4.69) is 29.9 Å². The number of hydrogen-bond donors (Lipinski definition) is 6. The maximum atomic E-state index is 13.3. The first kappa shape index (κ1) is 30.5. The van der Waals surface area contributed by atoms with E-state index >= 15 is 0 Å². The van der Waals surface area contributed by atoms with E-state index in [1.54, 1.807) is 6.92 Å². The molecule has 4 unspecified atom stereocenters. The number of aromatic amines is 1. The van der Waals surface area contributed by atoms with Crippen LogP contribution in [0.4, 0.5) is 5.95 Å². The van der Waals surface area contributed by atoms with Gasteiger partial charge in [0.25, 0.3) is 5.56 Å². The van der Waals surface area contributed by atoms with Gasteiger partial charge < -0.3 is 35.0 Å². The van der Waals surface area contributed by atoms with Crippen molar-refractivity contribution in [2.45, 2.75) is 56.1 Å². The zero-order valence-electron chi connectivity index (χ0n) is 23.1. The average Bonchev–Trinajstić information content (AvgIpc) is 3.72. The Balaban J connectivity index is 1.21. The zero-order valence-corrected chi connectivity index (χ0v) is 24.9. The number of aryl methyl sites for hydroxylation is 1. The van der Waals surface area contributed by atoms with Crippen LogP contribution in [0.3, 0.4) is 0 Å². The Morgan fingerprint density at radius 1 is 0.956 bits per heavy atom. The maximum Gasteiger partial charge on any atom is 0.472 e. The van der Waals surface area contributed by atoms with Gasteiger partial charge in [-0.3, -0.25) is 32.4 Å². The first-order valence-electron chi connectivity index (χ1n) is 13.5. The minimum atomic E-state index is -5.02. The summed E-state index contributed by atoms with van der Waals surface area (Å²) >= 11 is 0. The minimum absolute atomic E-state index is 0.00399. The molecule has 0 spiro atoms. The fourth-order valence-corrected chi connectivity index (χ4v) is 7.85. The van der Waals surface area contributed by atoms with Gasteiger partial charge in [-0.15, -0.1) is 0 Å². The van der Waals surface area contributed by atoms with Crippen molar-refractivity contribution in [2.24, 2.45) is 5.92 Å². The molecule has 45 heavy (non-hydrogen) atoms. The summed E-state index contributed by atoms with van der Waals surface area (Å²) in [4.78, 5) is 56.7. The Labute approximate surface area is 251 Å². The molecule has 1 aliphatic carbocycles. The first-order chi connectivity index (χ1) is 21.3. The minimum Gasteiger partial charge on any atom is -0.390 e. The number of phosphoric acid groups is 2. The number of nitrogens with two attached hydrogens (primary N) is 1. The van der Waals surface area contributed by atoms with Crippen LogP contribution in [0.1, 0.15) is 24.5 Å². The molecule has 0 radical (unpaired) electrons. The molecule has 7 N–H and O–H groups in total. The number of ether oxygens (including phenoxy) is 1. The van der Waals surface area contributed by atoms with E-state index in [4.69, 9.17) is 28.6 Å². The number of phosphoric ester groups is 2. The third-order valence-electron chi connectivity index (χ3n) is 7.93. The summed E-state index contributed by atoms with van der Waals surface area (Å²) in [7, 11) is -9.98. The quantitative estimate of drug-likeness (QED) is 0.140. The van der Waals surface area contributed by atoms with Gasteiger partial charge in [0.15, 0.2) is 23.0 Å². The van der Waals surface area contributed by atoms with Crippen molar-refractivity contribution >= 4 is 43.9 Å². The van der Waals surface area contributed by atoms with Crippen molar-refractivity contribution in [3.8, 4) is 0 Å². The van der Waals surface area contributed by atoms with E-state index in [9.17, 15) is 33.9 Å². The number of aliphatic hydroxyl groups is 2. The summed E-state index contributed by atoms with van der Waals surface area (Å²) in [5.41, 5.74) is 5.63. The van der Waals surface area contributed by atoms with Gasteiger partial charge in [0.05, 0.1) is 44.2 Å². The molecular formula is C22H27N9O12P2. The fraction of sp³-hybridized carbons (Fsp3) is 0.545. The number of fused-ring (bicyclic) bond motifs is 5. The highest BCUT2D eigenvalue weighted by atomic mass is 31.2. The van der Waals surface area contributed by atoms with E-state index in [1.165, 1.54) is 28.0 Å². The summed E-state index contributed by atoms with van der Waals surface area (Å²) < 4.78 is 56.2. The van der Waals surface area contributed by atoms with Crippen molar-refractivity contribution in [1.82, 2.24) is 39.0 Å². The molecule has 1 saturated carbocycles. The summed E-state index contributed by atoms with van der Waals surface area (Å²) in [5, 5.41) is 22.3. The van der Waals surface area contributed by atoms with Crippen LogP contribution in [0.15, 0.2) is 23.6 Å². The number of hydrogen-bond acceptors (Lipinski definition) is 16. The van der Waals surface area contributed by atoms with Gasteiger partial charge in [-0.25, -0.2) is 29.1 Å². The van der Waals surface area contributed by atoms with Crippen molar-refractivity contribution in [3.63, 3.8) is 0 Å². The number of H-pyrrole nitrogens is 1. The van der Waals surface area contributed by atoms with Crippen LogP contribution >= 0.6 is 15.6 Å². The molecular weight excluding hydrogens is 644 g/mol.